The summed E-state index contributed by atoms with van der Waals surface area (Å²) >= 11 is 6.62. The first-order valence-electron chi connectivity index (χ1n) is 11.1. The molecule has 0 bridgehead atoms. The van der Waals surface area contributed by atoms with Gasteiger partial charge in [0.15, 0.2) is 5.82 Å². The van der Waals surface area contributed by atoms with E-state index >= 15 is 0 Å². The van der Waals surface area contributed by atoms with Crippen molar-refractivity contribution in [1.82, 2.24) is 19.7 Å². The zero-order chi connectivity index (χ0) is 25.3. The predicted molar refractivity (Wildman–Crippen MR) is 132 cm³/mol. The van der Waals surface area contributed by atoms with E-state index < -0.39 is 18.3 Å². The number of para-hydroxylation sites is 1. The number of aromatic nitrogens is 3. The van der Waals surface area contributed by atoms with Crippen molar-refractivity contribution >= 4 is 28.4 Å². The van der Waals surface area contributed by atoms with Crippen LogP contribution in [0.15, 0.2) is 48.8 Å². The van der Waals surface area contributed by atoms with Crippen LogP contribution in [0.3, 0.4) is 0 Å². The average molecular weight is 497 g/mol. The van der Waals surface area contributed by atoms with Gasteiger partial charge in [0.25, 0.3) is 0 Å². The molecular formula is C26H26ClFN4O3. The van der Waals surface area contributed by atoms with Gasteiger partial charge in [-0.15, -0.1) is 0 Å². The average Bonchev–Trinajstić information content (AvgIpc) is 3.27. The van der Waals surface area contributed by atoms with E-state index in [0.29, 0.717) is 22.0 Å². The van der Waals surface area contributed by atoms with Crippen LogP contribution in [0.5, 0.6) is 5.75 Å². The van der Waals surface area contributed by atoms with E-state index in [9.17, 15) is 14.3 Å². The number of benzene rings is 2. The van der Waals surface area contributed by atoms with Gasteiger partial charge in [0.2, 0.25) is 5.91 Å². The van der Waals surface area contributed by atoms with E-state index in [0.717, 1.165) is 34.0 Å². The lowest BCUT2D eigenvalue weighted by Gasteiger charge is -2.27. The number of carbonyl (C=O) groups is 1. The van der Waals surface area contributed by atoms with Gasteiger partial charge in [-0.3, -0.25) is 4.79 Å². The van der Waals surface area contributed by atoms with Gasteiger partial charge in [-0.05, 0) is 50.1 Å². The monoisotopic (exact) mass is 496 g/mol. The summed E-state index contributed by atoms with van der Waals surface area (Å²) in [5.74, 6) is -0.284. The molecule has 0 saturated carbocycles. The third-order valence-electron chi connectivity index (χ3n) is 6.01. The number of aliphatic hydroxyl groups is 1. The number of aryl methyl sites for hydroxylation is 2. The molecule has 9 heteroatoms. The van der Waals surface area contributed by atoms with E-state index in [1.807, 2.05) is 57.2 Å². The fourth-order valence-electron chi connectivity index (χ4n) is 4.08. The maximum atomic E-state index is 13.6. The summed E-state index contributed by atoms with van der Waals surface area (Å²) in [6.07, 6.45) is 2.47. The van der Waals surface area contributed by atoms with Crippen LogP contribution in [-0.4, -0.2) is 44.3 Å². The van der Waals surface area contributed by atoms with Crippen LogP contribution in [0.25, 0.3) is 16.6 Å². The number of hydrogen-bond acceptors (Lipinski definition) is 5. The number of pyridine rings is 1. The molecule has 0 saturated heterocycles. The van der Waals surface area contributed by atoms with Crippen molar-refractivity contribution in [1.29, 1.82) is 0 Å². The maximum Gasteiger partial charge on any atom is 0.248 e. The van der Waals surface area contributed by atoms with Gasteiger partial charge in [0.1, 0.15) is 24.5 Å². The van der Waals surface area contributed by atoms with Crippen molar-refractivity contribution in [2.75, 3.05) is 13.7 Å². The van der Waals surface area contributed by atoms with Gasteiger partial charge in [-0.25, -0.2) is 14.1 Å². The lowest BCUT2D eigenvalue weighted by Crippen LogP contribution is -2.32. The Morgan fingerprint density at radius 2 is 2.06 bits per heavy atom. The molecule has 2 heterocycles. The molecule has 7 nitrogen and oxygen atoms in total. The molecule has 0 radical (unpaired) electrons. The standard InChI is InChI=1S/C26H26ClFN4O3/c1-15-8-20(17(3)31(4)25(34)13-33)21(22(27)9-15)14-35-24-7-5-6-19-23(10-16(2)30-26(19)24)32-12-18(28)11-29-32/h5-12,17,33H,13-14H2,1-4H3/t17-/m0/s1. The molecule has 182 valence electrons. The van der Waals surface area contributed by atoms with Crippen LogP contribution in [-0.2, 0) is 11.4 Å². The quantitative estimate of drug-likeness (QED) is 0.393. The molecule has 0 spiro atoms. The molecule has 4 aromatic rings. The molecule has 2 aromatic carbocycles. The fourth-order valence-corrected chi connectivity index (χ4v) is 4.41. The molecule has 0 aliphatic rings. The third kappa shape index (κ3) is 4.99. The molecule has 0 aliphatic heterocycles. The Morgan fingerprint density at radius 1 is 1.29 bits per heavy atom. The van der Waals surface area contributed by atoms with E-state index in [2.05, 4.69) is 10.1 Å². The minimum Gasteiger partial charge on any atom is -0.487 e. The zero-order valence-corrected chi connectivity index (χ0v) is 20.7. The van der Waals surface area contributed by atoms with Crippen LogP contribution in [0.2, 0.25) is 5.02 Å². The highest BCUT2D eigenvalue weighted by Crippen LogP contribution is 2.33. The molecule has 0 aliphatic carbocycles. The van der Waals surface area contributed by atoms with Gasteiger partial charge in [-0.2, -0.15) is 5.10 Å². The van der Waals surface area contributed by atoms with Crippen molar-refractivity contribution in [3.63, 3.8) is 0 Å². The van der Waals surface area contributed by atoms with Gasteiger partial charge in [0.05, 0.1) is 24.1 Å². The summed E-state index contributed by atoms with van der Waals surface area (Å²) in [5, 5.41) is 14.7. The number of aliphatic hydroxyl groups excluding tert-OH is 1. The number of carbonyl (C=O) groups excluding carboxylic acids is 1. The second-order valence-corrected chi connectivity index (χ2v) is 8.89. The summed E-state index contributed by atoms with van der Waals surface area (Å²) in [6.45, 7) is 5.22. The molecule has 2 aromatic heterocycles. The van der Waals surface area contributed by atoms with Crippen LogP contribution < -0.4 is 4.74 Å². The Balaban J connectivity index is 1.73. The third-order valence-corrected chi connectivity index (χ3v) is 6.35. The summed E-state index contributed by atoms with van der Waals surface area (Å²) in [6, 6.07) is 10.8. The molecule has 4 rings (SSSR count). The molecule has 1 amide bonds. The lowest BCUT2D eigenvalue weighted by atomic mass is 9.98. The van der Waals surface area contributed by atoms with Gasteiger partial charge in [-0.1, -0.05) is 29.8 Å². The molecule has 35 heavy (non-hydrogen) atoms. The minimum absolute atomic E-state index is 0.139. The van der Waals surface area contributed by atoms with Crippen LogP contribution in [0.4, 0.5) is 4.39 Å². The number of rotatable bonds is 7. The van der Waals surface area contributed by atoms with Crippen molar-refractivity contribution < 1.29 is 19.0 Å². The molecule has 0 fully saturated rings. The number of amides is 1. The summed E-state index contributed by atoms with van der Waals surface area (Å²) in [4.78, 5) is 18.2. The van der Waals surface area contributed by atoms with E-state index in [1.165, 1.54) is 15.8 Å². The lowest BCUT2D eigenvalue weighted by molar-refractivity contribution is -0.134. The minimum atomic E-state index is -0.574. The Bertz CT molecular complexity index is 1410. The summed E-state index contributed by atoms with van der Waals surface area (Å²) < 4.78 is 21.3. The number of hydrogen-bond donors (Lipinski definition) is 1. The van der Waals surface area contributed by atoms with E-state index in [-0.39, 0.29) is 12.6 Å². The Labute approximate surface area is 207 Å². The second-order valence-electron chi connectivity index (χ2n) is 8.48. The molecule has 0 unspecified atom stereocenters. The van der Waals surface area contributed by atoms with E-state index in [1.54, 1.807) is 7.05 Å². The topological polar surface area (TPSA) is 80.5 Å². The zero-order valence-electron chi connectivity index (χ0n) is 19.9. The number of fused-ring (bicyclic) bond motifs is 1. The molecule has 1 atom stereocenters. The van der Waals surface area contributed by atoms with Crippen molar-refractivity contribution in [2.24, 2.45) is 0 Å². The molecular weight excluding hydrogens is 471 g/mol. The number of likely N-dealkylation sites (N-methyl/N-ethyl adjacent to an activating group) is 1. The highest BCUT2D eigenvalue weighted by atomic mass is 35.5. The van der Waals surface area contributed by atoms with Crippen LogP contribution in [0.1, 0.15) is 35.3 Å². The normalized spacial score (nSPS) is 12.1. The van der Waals surface area contributed by atoms with Gasteiger partial charge < -0.3 is 14.7 Å². The fraction of sp³-hybridized carbons (Fsp3) is 0.269. The van der Waals surface area contributed by atoms with Gasteiger partial charge in [0, 0.05) is 28.7 Å². The first-order chi connectivity index (χ1) is 16.7. The Morgan fingerprint density at radius 3 is 2.74 bits per heavy atom. The smallest absolute Gasteiger partial charge is 0.248 e. The highest BCUT2D eigenvalue weighted by molar-refractivity contribution is 6.31. The summed E-state index contributed by atoms with van der Waals surface area (Å²) in [7, 11) is 1.64. The van der Waals surface area contributed by atoms with Crippen LogP contribution >= 0.6 is 11.6 Å². The summed E-state index contributed by atoms with van der Waals surface area (Å²) in [5.41, 5.74) is 4.55. The Hall–Kier alpha value is -3.49. The van der Waals surface area contributed by atoms with Crippen molar-refractivity contribution in [3.05, 3.63) is 82.0 Å². The second kappa shape index (κ2) is 10.0. The Kier molecular flexibility index (Phi) is 7.05. The largest absolute Gasteiger partial charge is 0.487 e. The first-order valence-corrected chi connectivity index (χ1v) is 11.5. The number of ether oxygens (including phenoxy) is 1. The SMILES string of the molecule is Cc1cc(Cl)c(COc2cccc3c(-n4cc(F)cn4)cc(C)nc23)c([C@H](C)N(C)C(=O)CO)c1. The van der Waals surface area contributed by atoms with Crippen LogP contribution in [0, 0.1) is 19.7 Å². The first kappa shape index (κ1) is 24.6. The number of nitrogens with zero attached hydrogens (tertiary/aromatic N) is 4. The van der Waals surface area contributed by atoms with Crippen molar-refractivity contribution in [3.8, 4) is 11.4 Å². The molecule has 1 N–H and O–H groups in total. The van der Waals surface area contributed by atoms with E-state index in [4.69, 9.17) is 16.3 Å². The number of halogens is 2. The maximum absolute atomic E-state index is 13.6. The highest BCUT2D eigenvalue weighted by Gasteiger charge is 2.22. The predicted octanol–water partition coefficient (Wildman–Crippen LogP) is 4.92. The van der Waals surface area contributed by atoms with Gasteiger partial charge >= 0.3 is 0 Å². The van der Waals surface area contributed by atoms with Crippen molar-refractivity contribution in [2.45, 2.75) is 33.4 Å².